The van der Waals surface area contributed by atoms with E-state index >= 15 is 0 Å². The van der Waals surface area contributed by atoms with Crippen molar-refractivity contribution in [3.63, 3.8) is 0 Å². The smallest absolute Gasteiger partial charge is 0.258 e. The number of amides is 1. The van der Waals surface area contributed by atoms with Crippen LogP contribution >= 0.6 is 0 Å². The van der Waals surface area contributed by atoms with Gasteiger partial charge in [0.1, 0.15) is 11.8 Å². The van der Waals surface area contributed by atoms with E-state index in [1.807, 2.05) is 19.9 Å². The quantitative estimate of drug-likeness (QED) is 0.674. The van der Waals surface area contributed by atoms with Crippen LogP contribution in [0.4, 0.5) is 17.3 Å². The van der Waals surface area contributed by atoms with Gasteiger partial charge in [-0.05, 0) is 50.2 Å². The first kappa shape index (κ1) is 18.9. The van der Waals surface area contributed by atoms with Crippen LogP contribution in [-0.4, -0.2) is 22.0 Å². The Hall–Kier alpha value is -3.92. The lowest BCUT2D eigenvalue weighted by Crippen LogP contribution is -2.13. The van der Waals surface area contributed by atoms with Gasteiger partial charge in [0.2, 0.25) is 5.95 Å². The first-order valence-electron chi connectivity index (χ1n) is 8.71. The molecular weight excluding hydrogens is 354 g/mol. The van der Waals surface area contributed by atoms with Crippen LogP contribution in [0.3, 0.4) is 0 Å². The number of aromatic nitrogens is 2. The van der Waals surface area contributed by atoms with Gasteiger partial charge in [0.25, 0.3) is 5.91 Å². The summed E-state index contributed by atoms with van der Waals surface area (Å²) in [5, 5.41) is 14.9. The number of carbonyl (C=O) groups excluding carboxylic acids is 1. The number of anilines is 3. The third kappa shape index (κ3) is 4.83. The van der Waals surface area contributed by atoms with Gasteiger partial charge < -0.3 is 15.4 Å². The summed E-state index contributed by atoms with van der Waals surface area (Å²) in [4.78, 5) is 20.7. The summed E-state index contributed by atoms with van der Waals surface area (Å²) in [6.45, 7) is 3.90. The van der Waals surface area contributed by atoms with E-state index in [1.165, 1.54) is 12.4 Å². The number of rotatable bonds is 6. The SMILES string of the molecule is CC(C)Oc1ccc(NC(=O)c2cnc(Nc3ccccc3C#N)nc2)cc1. The minimum absolute atomic E-state index is 0.0878. The fraction of sp³-hybridized carbons (Fsp3) is 0.143. The molecule has 7 nitrogen and oxygen atoms in total. The van der Waals surface area contributed by atoms with Crippen LogP contribution in [0.25, 0.3) is 0 Å². The van der Waals surface area contributed by atoms with E-state index in [0.717, 1.165) is 5.75 Å². The molecule has 1 heterocycles. The summed E-state index contributed by atoms with van der Waals surface area (Å²) in [6.07, 6.45) is 2.94. The fourth-order valence-corrected chi connectivity index (χ4v) is 2.41. The highest BCUT2D eigenvalue weighted by Crippen LogP contribution is 2.19. The number of nitrogens with zero attached hydrogens (tertiary/aromatic N) is 3. The molecule has 0 spiro atoms. The molecule has 3 aromatic rings. The molecule has 0 bridgehead atoms. The van der Waals surface area contributed by atoms with Gasteiger partial charge in [0, 0.05) is 18.1 Å². The molecule has 0 saturated heterocycles. The normalized spacial score (nSPS) is 10.2. The second-order valence-corrected chi connectivity index (χ2v) is 6.22. The molecule has 140 valence electrons. The number of nitrogens with one attached hydrogen (secondary N) is 2. The molecule has 0 radical (unpaired) electrons. The number of hydrogen-bond donors (Lipinski definition) is 2. The lowest BCUT2D eigenvalue weighted by molar-refractivity contribution is 0.102. The molecule has 0 aliphatic carbocycles. The Kier molecular flexibility index (Phi) is 5.82. The summed E-state index contributed by atoms with van der Waals surface area (Å²) >= 11 is 0. The van der Waals surface area contributed by atoms with Crippen molar-refractivity contribution < 1.29 is 9.53 Å². The van der Waals surface area contributed by atoms with Crippen molar-refractivity contribution in [2.75, 3.05) is 10.6 Å². The van der Waals surface area contributed by atoms with Crippen molar-refractivity contribution in [2.45, 2.75) is 20.0 Å². The van der Waals surface area contributed by atoms with E-state index in [4.69, 9.17) is 10.00 Å². The molecule has 0 unspecified atom stereocenters. The second kappa shape index (κ2) is 8.64. The zero-order valence-electron chi connectivity index (χ0n) is 15.5. The molecule has 0 aliphatic heterocycles. The van der Waals surface area contributed by atoms with Gasteiger partial charge >= 0.3 is 0 Å². The van der Waals surface area contributed by atoms with Gasteiger partial charge in [-0.3, -0.25) is 4.79 Å². The molecule has 7 heteroatoms. The van der Waals surface area contributed by atoms with Gasteiger partial charge in [-0.1, -0.05) is 12.1 Å². The molecule has 0 atom stereocenters. The molecule has 0 aliphatic rings. The molecule has 0 saturated carbocycles. The van der Waals surface area contributed by atoms with E-state index < -0.39 is 0 Å². The van der Waals surface area contributed by atoms with E-state index in [0.29, 0.717) is 28.5 Å². The standard InChI is InChI=1S/C21H19N5O2/c1-14(2)28-18-9-7-17(8-10-18)25-20(27)16-12-23-21(24-13-16)26-19-6-4-3-5-15(19)11-22/h3-10,12-14H,1-2H3,(H,25,27)(H,23,24,26). The minimum Gasteiger partial charge on any atom is -0.491 e. The van der Waals surface area contributed by atoms with Crippen molar-refractivity contribution >= 4 is 23.2 Å². The summed E-state index contributed by atoms with van der Waals surface area (Å²) in [5.41, 5.74) is 2.05. The van der Waals surface area contributed by atoms with Gasteiger partial charge in [-0.25, -0.2) is 9.97 Å². The van der Waals surface area contributed by atoms with Crippen LogP contribution in [-0.2, 0) is 0 Å². The summed E-state index contributed by atoms with van der Waals surface area (Å²) in [6, 6.07) is 16.3. The molecule has 0 fully saturated rings. The highest BCUT2D eigenvalue weighted by molar-refractivity contribution is 6.03. The van der Waals surface area contributed by atoms with Crippen LogP contribution < -0.4 is 15.4 Å². The predicted molar refractivity (Wildman–Crippen MR) is 107 cm³/mol. The molecule has 28 heavy (non-hydrogen) atoms. The van der Waals surface area contributed by atoms with Crippen molar-refractivity contribution in [1.29, 1.82) is 5.26 Å². The number of para-hydroxylation sites is 1. The van der Waals surface area contributed by atoms with E-state index in [2.05, 4.69) is 26.7 Å². The van der Waals surface area contributed by atoms with Crippen LogP contribution in [0.1, 0.15) is 29.8 Å². The zero-order chi connectivity index (χ0) is 19.9. The average molecular weight is 373 g/mol. The zero-order valence-corrected chi connectivity index (χ0v) is 15.5. The van der Waals surface area contributed by atoms with E-state index in [-0.39, 0.29) is 12.0 Å². The Bertz CT molecular complexity index is 993. The number of benzene rings is 2. The number of carbonyl (C=O) groups is 1. The fourth-order valence-electron chi connectivity index (χ4n) is 2.41. The Labute approximate surface area is 163 Å². The number of hydrogen-bond acceptors (Lipinski definition) is 6. The molecular formula is C21H19N5O2. The number of ether oxygens (including phenoxy) is 1. The first-order valence-corrected chi connectivity index (χ1v) is 8.71. The highest BCUT2D eigenvalue weighted by atomic mass is 16.5. The Morgan fingerprint density at radius 2 is 1.75 bits per heavy atom. The van der Waals surface area contributed by atoms with Crippen molar-refractivity contribution in [1.82, 2.24) is 9.97 Å². The van der Waals surface area contributed by atoms with Gasteiger partial charge in [-0.2, -0.15) is 5.26 Å². The minimum atomic E-state index is -0.318. The Morgan fingerprint density at radius 3 is 2.39 bits per heavy atom. The topological polar surface area (TPSA) is 99.9 Å². The van der Waals surface area contributed by atoms with Gasteiger partial charge in [-0.15, -0.1) is 0 Å². The maximum absolute atomic E-state index is 12.4. The van der Waals surface area contributed by atoms with Crippen molar-refractivity contribution in [3.8, 4) is 11.8 Å². The second-order valence-electron chi connectivity index (χ2n) is 6.22. The van der Waals surface area contributed by atoms with Crippen LogP contribution in [0.5, 0.6) is 5.75 Å². The van der Waals surface area contributed by atoms with Gasteiger partial charge in [0.05, 0.1) is 22.9 Å². The van der Waals surface area contributed by atoms with Crippen molar-refractivity contribution in [3.05, 3.63) is 72.1 Å². The summed E-state index contributed by atoms with van der Waals surface area (Å²) in [5.74, 6) is 0.723. The highest BCUT2D eigenvalue weighted by Gasteiger charge is 2.09. The molecule has 2 N–H and O–H groups in total. The number of nitriles is 1. The van der Waals surface area contributed by atoms with Crippen LogP contribution in [0.2, 0.25) is 0 Å². The Balaban J connectivity index is 1.64. The third-order valence-corrected chi connectivity index (χ3v) is 3.69. The van der Waals surface area contributed by atoms with Crippen LogP contribution in [0.15, 0.2) is 60.9 Å². The Morgan fingerprint density at radius 1 is 1.07 bits per heavy atom. The van der Waals surface area contributed by atoms with Crippen molar-refractivity contribution in [2.24, 2.45) is 0 Å². The molecule has 1 amide bonds. The van der Waals surface area contributed by atoms with E-state index in [9.17, 15) is 4.79 Å². The molecule has 2 aromatic carbocycles. The third-order valence-electron chi connectivity index (χ3n) is 3.69. The monoisotopic (exact) mass is 373 g/mol. The maximum Gasteiger partial charge on any atom is 0.258 e. The largest absolute Gasteiger partial charge is 0.491 e. The predicted octanol–water partition coefficient (Wildman–Crippen LogP) is 4.13. The molecule has 3 rings (SSSR count). The maximum atomic E-state index is 12.4. The first-order chi connectivity index (χ1) is 13.5. The molecule has 1 aromatic heterocycles. The summed E-state index contributed by atoms with van der Waals surface area (Å²) in [7, 11) is 0. The van der Waals surface area contributed by atoms with E-state index in [1.54, 1.807) is 42.5 Å². The average Bonchev–Trinajstić information content (AvgIpc) is 2.70. The van der Waals surface area contributed by atoms with Crippen LogP contribution in [0, 0.1) is 11.3 Å². The lowest BCUT2D eigenvalue weighted by atomic mass is 10.2. The lowest BCUT2D eigenvalue weighted by Gasteiger charge is -2.11. The van der Waals surface area contributed by atoms with Gasteiger partial charge in [0.15, 0.2) is 0 Å². The summed E-state index contributed by atoms with van der Waals surface area (Å²) < 4.78 is 5.58.